The van der Waals surface area contributed by atoms with E-state index >= 15 is 0 Å². The molecule has 174 valence electrons. The number of benzene rings is 4. The molecule has 0 spiro atoms. The molecule has 0 fully saturated rings. The van der Waals surface area contributed by atoms with Gasteiger partial charge >= 0.3 is 0 Å². The van der Waals surface area contributed by atoms with Gasteiger partial charge in [0.15, 0.2) is 0 Å². The van der Waals surface area contributed by atoms with E-state index in [1.165, 1.54) is 16.3 Å². The molecule has 0 aliphatic carbocycles. The summed E-state index contributed by atoms with van der Waals surface area (Å²) in [5.41, 5.74) is 4.64. The van der Waals surface area contributed by atoms with Crippen molar-refractivity contribution in [1.29, 1.82) is 0 Å². The fourth-order valence-electron chi connectivity index (χ4n) is 4.08. The number of halogens is 1. The van der Waals surface area contributed by atoms with Gasteiger partial charge < -0.3 is 15.4 Å². The predicted molar refractivity (Wildman–Crippen MR) is 141 cm³/mol. The lowest BCUT2D eigenvalue weighted by molar-refractivity contribution is 0.0962. The van der Waals surface area contributed by atoms with Crippen molar-refractivity contribution in [3.8, 4) is 16.9 Å². The summed E-state index contributed by atoms with van der Waals surface area (Å²) in [6.07, 6.45) is 0. The molecule has 0 saturated carbocycles. The lowest BCUT2D eigenvalue weighted by Gasteiger charge is -2.17. The van der Waals surface area contributed by atoms with E-state index in [4.69, 9.17) is 16.3 Å². The van der Waals surface area contributed by atoms with Crippen molar-refractivity contribution in [2.45, 2.75) is 19.9 Å². The van der Waals surface area contributed by atoms with Gasteiger partial charge in [0.25, 0.3) is 5.91 Å². The van der Waals surface area contributed by atoms with Crippen LogP contribution in [0.5, 0.6) is 5.75 Å². The van der Waals surface area contributed by atoms with Crippen LogP contribution < -0.4 is 15.4 Å². The third-order valence-electron chi connectivity index (χ3n) is 6.01. The van der Waals surface area contributed by atoms with Crippen LogP contribution in [0.3, 0.4) is 0 Å². The van der Waals surface area contributed by atoms with Crippen molar-refractivity contribution in [3.63, 3.8) is 0 Å². The Bertz CT molecular complexity index is 1310. The van der Waals surface area contributed by atoms with Crippen molar-refractivity contribution in [2.24, 2.45) is 0 Å². The maximum absolute atomic E-state index is 12.3. The van der Waals surface area contributed by atoms with E-state index in [1.54, 1.807) is 13.1 Å². The lowest BCUT2D eigenvalue weighted by Crippen LogP contribution is -2.24. The number of amides is 1. The smallest absolute Gasteiger partial charge is 0.251 e. The Balaban J connectivity index is 1.46. The average Bonchev–Trinajstić information content (AvgIpc) is 2.87. The molecule has 4 aromatic rings. The Hall–Kier alpha value is -3.34. The fraction of sp³-hybridized carbons (Fsp3) is 0.207. The summed E-state index contributed by atoms with van der Waals surface area (Å²) in [4.78, 5) is 12.3. The van der Waals surface area contributed by atoms with Gasteiger partial charge in [0, 0.05) is 30.2 Å². The molecule has 0 aliphatic heterocycles. The van der Waals surface area contributed by atoms with Crippen LogP contribution in [0, 0.1) is 6.92 Å². The molecule has 0 heterocycles. The number of fused-ring (bicyclic) bond motifs is 1. The van der Waals surface area contributed by atoms with Crippen LogP contribution in [0.25, 0.3) is 21.9 Å². The number of hydrogen-bond donors (Lipinski definition) is 2. The molecule has 0 bridgehead atoms. The summed E-state index contributed by atoms with van der Waals surface area (Å²) in [5.74, 6) is 0.486. The SMILES string of the molecule is CNC(=O)c1cc(OCCN[C@H](C)c2cccc3ccccc23)cc(-c2ccc(C)c(Cl)c2)c1. The molecule has 5 heteroatoms. The Morgan fingerprint density at radius 3 is 2.56 bits per heavy atom. The van der Waals surface area contributed by atoms with Crippen molar-refractivity contribution in [3.05, 3.63) is 101 Å². The zero-order valence-electron chi connectivity index (χ0n) is 19.7. The first-order chi connectivity index (χ1) is 16.5. The van der Waals surface area contributed by atoms with Gasteiger partial charge in [-0.2, -0.15) is 0 Å². The zero-order valence-corrected chi connectivity index (χ0v) is 20.4. The molecule has 0 aliphatic rings. The van der Waals surface area contributed by atoms with Crippen LogP contribution >= 0.6 is 11.6 Å². The van der Waals surface area contributed by atoms with E-state index in [9.17, 15) is 4.79 Å². The average molecular weight is 473 g/mol. The van der Waals surface area contributed by atoms with Gasteiger partial charge in [-0.3, -0.25) is 4.79 Å². The van der Waals surface area contributed by atoms with Crippen molar-refractivity contribution >= 4 is 28.3 Å². The van der Waals surface area contributed by atoms with Crippen molar-refractivity contribution < 1.29 is 9.53 Å². The highest BCUT2D eigenvalue weighted by molar-refractivity contribution is 6.31. The first kappa shape index (κ1) is 23.8. The maximum atomic E-state index is 12.3. The number of nitrogens with one attached hydrogen (secondary N) is 2. The summed E-state index contributed by atoms with van der Waals surface area (Å²) in [6, 6.07) is 26.4. The summed E-state index contributed by atoms with van der Waals surface area (Å²) >= 11 is 6.33. The highest BCUT2D eigenvalue weighted by Gasteiger charge is 2.12. The Morgan fingerprint density at radius 1 is 0.971 bits per heavy atom. The van der Waals surface area contributed by atoms with Gasteiger partial charge in [0.2, 0.25) is 0 Å². The summed E-state index contributed by atoms with van der Waals surface area (Å²) in [7, 11) is 1.62. The first-order valence-corrected chi connectivity index (χ1v) is 11.8. The van der Waals surface area contributed by atoms with Crippen LogP contribution in [-0.4, -0.2) is 26.1 Å². The fourth-order valence-corrected chi connectivity index (χ4v) is 4.26. The minimum atomic E-state index is -0.160. The first-order valence-electron chi connectivity index (χ1n) is 11.4. The van der Waals surface area contributed by atoms with E-state index < -0.39 is 0 Å². The number of carbonyl (C=O) groups excluding carboxylic acids is 1. The van der Waals surface area contributed by atoms with E-state index in [2.05, 4.69) is 60.0 Å². The molecule has 34 heavy (non-hydrogen) atoms. The highest BCUT2D eigenvalue weighted by atomic mass is 35.5. The van der Waals surface area contributed by atoms with Crippen LogP contribution in [0.15, 0.2) is 78.9 Å². The molecule has 0 aromatic heterocycles. The molecule has 2 N–H and O–H groups in total. The quantitative estimate of drug-likeness (QED) is 0.285. The molecule has 4 aromatic carbocycles. The third-order valence-corrected chi connectivity index (χ3v) is 6.42. The molecule has 1 amide bonds. The van der Waals surface area contributed by atoms with E-state index in [0.29, 0.717) is 29.5 Å². The van der Waals surface area contributed by atoms with Crippen molar-refractivity contribution in [2.75, 3.05) is 20.2 Å². The zero-order chi connectivity index (χ0) is 24.1. The molecule has 1 atom stereocenters. The monoisotopic (exact) mass is 472 g/mol. The second-order valence-corrected chi connectivity index (χ2v) is 8.79. The lowest BCUT2D eigenvalue weighted by atomic mass is 10.00. The largest absolute Gasteiger partial charge is 0.492 e. The minimum Gasteiger partial charge on any atom is -0.492 e. The van der Waals surface area contributed by atoms with Gasteiger partial charge in [0.05, 0.1) is 0 Å². The second kappa shape index (κ2) is 10.7. The predicted octanol–water partition coefficient (Wildman–Crippen LogP) is 6.56. The van der Waals surface area contributed by atoms with E-state index in [0.717, 1.165) is 16.7 Å². The summed E-state index contributed by atoms with van der Waals surface area (Å²) < 4.78 is 6.06. The van der Waals surface area contributed by atoms with Gasteiger partial charge in [0.1, 0.15) is 12.4 Å². The van der Waals surface area contributed by atoms with Crippen LogP contribution in [0.4, 0.5) is 0 Å². The molecule has 0 unspecified atom stereocenters. The summed E-state index contributed by atoms with van der Waals surface area (Å²) in [6.45, 7) is 5.27. The van der Waals surface area contributed by atoms with Crippen molar-refractivity contribution in [1.82, 2.24) is 10.6 Å². The Morgan fingerprint density at radius 2 is 1.76 bits per heavy atom. The molecule has 0 radical (unpaired) electrons. The number of carbonyl (C=O) groups is 1. The van der Waals surface area contributed by atoms with Crippen LogP contribution in [0.2, 0.25) is 5.02 Å². The molecular formula is C29H29ClN2O2. The molecule has 0 saturated heterocycles. The molecule has 4 nitrogen and oxygen atoms in total. The van der Waals surface area contributed by atoms with E-state index in [-0.39, 0.29) is 11.9 Å². The topological polar surface area (TPSA) is 50.4 Å². The summed E-state index contributed by atoms with van der Waals surface area (Å²) in [5, 5.41) is 9.42. The van der Waals surface area contributed by atoms with Gasteiger partial charge in [-0.1, -0.05) is 66.2 Å². The maximum Gasteiger partial charge on any atom is 0.251 e. The number of aryl methyl sites for hydroxylation is 1. The second-order valence-electron chi connectivity index (χ2n) is 8.38. The standard InChI is InChI=1S/C29H29ClN2O2/c1-19-11-12-22(18-28(19)30)23-15-24(29(33)31-3)17-25(16-23)34-14-13-32-20(2)26-10-6-8-21-7-4-5-9-27(21)26/h4-12,15-18,20,32H,13-14H2,1-3H3,(H,31,33)/t20-/m1/s1. The van der Waals surface area contributed by atoms with Crippen LogP contribution in [0.1, 0.15) is 34.5 Å². The molecule has 4 rings (SSSR count). The molecular weight excluding hydrogens is 444 g/mol. The minimum absolute atomic E-state index is 0.160. The number of ether oxygens (including phenoxy) is 1. The number of rotatable bonds is 8. The van der Waals surface area contributed by atoms with E-state index in [1.807, 2.05) is 37.3 Å². The van der Waals surface area contributed by atoms with Crippen LogP contribution in [-0.2, 0) is 0 Å². The van der Waals surface area contributed by atoms with Gasteiger partial charge in [-0.15, -0.1) is 0 Å². The number of hydrogen-bond acceptors (Lipinski definition) is 3. The van der Waals surface area contributed by atoms with Gasteiger partial charge in [-0.25, -0.2) is 0 Å². The highest BCUT2D eigenvalue weighted by Crippen LogP contribution is 2.30. The normalized spacial score (nSPS) is 11.9. The van der Waals surface area contributed by atoms with Gasteiger partial charge in [-0.05, 0) is 71.1 Å². The third kappa shape index (κ3) is 5.41. The Labute approximate surface area is 205 Å². The Kier molecular flexibility index (Phi) is 7.51.